The molecule has 2 aromatic carbocycles. The zero-order valence-corrected chi connectivity index (χ0v) is 15.4. The molecular formula is C21H22FN3O2. The van der Waals surface area contributed by atoms with Gasteiger partial charge in [0.05, 0.1) is 17.1 Å². The lowest BCUT2D eigenvalue weighted by molar-refractivity contribution is -0.135. The Morgan fingerprint density at radius 1 is 1.33 bits per heavy atom. The third-order valence-corrected chi connectivity index (χ3v) is 6.07. The Morgan fingerprint density at radius 3 is 2.89 bits per heavy atom. The van der Waals surface area contributed by atoms with Crippen molar-refractivity contribution in [2.45, 2.75) is 37.5 Å². The van der Waals surface area contributed by atoms with Crippen LogP contribution in [0.2, 0.25) is 0 Å². The van der Waals surface area contributed by atoms with E-state index in [4.69, 9.17) is 0 Å². The van der Waals surface area contributed by atoms with Gasteiger partial charge >= 0.3 is 0 Å². The maximum atomic E-state index is 14.2. The van der Waals surface area contributed by atoms with E-state index in [1.165, 1.54) is 6.07 Å². The number of carbonyl (C=O) groups is 1. The van der Waals surface area contributed by atoms with Crippen molar-refractivity contribution in [3.8, 4) is 0 Å². The molecule has 1 fully saturated rings. The second-order valence-electron chi connectivity index (χ2n) is 7.43. The largest absolute Gasteiger partial charge is 0.289 e. The molecule has 140 valence electrons. The second-order valence-corrected chi connectivity index (χ2v) is 7.43. The average molecular weight is 367 g/mol. The molecule has 2 N–H and O–H groups in total. The van der Waals surface area contributed by atoms with Crippen LogP contribution in [0, 0.1) is 12.7 Å². The van der Waals surface area contributed by atoms with E-state index < -0.39 is 11.3 Å². The molecule has 0 bridgehead atoms. The topological polar surface area (TPSA) is 67.2 Å². The van der Waals surface area contributed by atoms with Crippen LogP contribution in [0.5, 0.6) is 0 Å². The van der Waals surface area contributed by atoms with Gasteiger partial charge in [0.2, 0.25) is 0 Å². The van der Waals surface area contributed by atoms with E-state index in [1.54, 1.807) is 19.1 Å². The van der Waals surface area contributed by atoms with Crippen LogP contribution < -0.4 is 5.48 Å². The number of para-hydroxylation sites is 1. The monoisotopic (exact) mass is 367 g/mol. The average Bonchev–Trinajstić information content (AvgIpc) is 3.29. The Morgan fingerprint density at radius 2 is 2.11 bits per heavy atom. The molecule has 0 spiro atoms. The van der Waals surface area contributed by atoms with Gasteiger partial charge in [-0.2, -0.15) is 5.10 Å². The van der Waals surface area contributed by atoms with Gasteiger partial charge in [-0.15, -0.1) is 0 Å². The van der Waals surface area contributed by atoms with E-state index in [-0.39, 0.29) is 11.7 Å². The zero-order valence-electron chi connectivity index (χ0n) is 15.4. The predicted octanol–water partition coefficient (Wildman–Crippen LogP) is 3.73. The van der Waals surface area contributed by atoms with E-state index in [2.05, 4.69) is 11.2 Å². The summed E-state index contributed by atoms with van der Waals surface area (Å²) < 4.78 is 16.1. The zero-order chi connectivity index (χ0) is 19.2. The van der Waals surface area contributed by atoms with Crippen LogP contribution in [0.4, 0.5) is 4.39 Å². The van der Waals surface area contributed by atoms with Gasteiger partial charge in [0.25, 0.3) is 5.91 Å². The molecule has 2 atom stereocenters. The quantitative estimate of drug-likeness (QED) is 0.547. The summed E-state index contributed by atoms with van der Waals surface area (Å²) in [6, 6.07) is 10.9. The number of nitrogens with one attached hydrogen (secondary N) is 1. The fourth-order valence-corrected chi connectivity index (χ4v) is 4.71. The molecule has 1 amide bonds. The summed E-state index contributed by atoms with van der Waals surface area (Å²) in [5.41, 5.74) is 4.17. The summed E-state index contributed by atoms with van der Waals surface area (Å²) in [4.78, 5) is 12.8. The fraction of sp³-hybridized carbons (Fsp3) is 0.333. The molecule has 4 rings (SSSR count). The van der Waals surface area contributed by atoms with Crippen LogP contribution in [0.3, 0.4) is 0 Å². The van der Waals surface area contributed by atoms with Crippen LogP contribution in [-0.2, 0) is 17.3 Å². The molecule has 0 radical (unpaired) electrons. The van der Waals surface area contributed by atoms with E-state index in [1.807, 2.05) is 35.5 Å². The number of hydrogen-bond donors (Lipinski definition) is 2. The van der Waals surface area contributed by atoms with Crippen molar-refractivity contribution in [3.63, 3.8) is 0 Å². The molecule has 1 aliphatic rings. The van der Waals surface area contributed by atoms with Crippen LogP contribution in [0.25, 0.3) is 10.9 Å². The van der Waals surface area contributed by atoms with Crippen molar-refractivity contribution in [1.29, 1.82) is 0 Å². The number of nitrogens with zero attached hydrogens (tertiary/aromatic N) is 2. The first-order valence-corrected chi connectivity index (χ1v) is 9.08. The third-order valence-electron chi connectivity index (χ3n) is 6.07. The van der Waals surface area contributed by atoms with Gasteiger partial charge in [0.15, 0.2) is 0 Å². The molecule has 1 saturated carbocycles. The molecule has 1 aromatic heterocycles. The highest BCUT2D eigenvalue weighted by molar-refractivity contribution is 5.89. The number of fused-ring (bicyclic) bond motifs is 1. The third kappa shape index (κ3) is 2.63. The fourth-order valence-electron chi connectivity index (χ4n) is 4.71. The number of aromatic nitrogens is 2. The van der Waals surface area contributed by atoms with Gasteiger partial charge in [-0.1, -0.05) is 30.3 Å². The van der Waals surface area contributed by atoms with Crippen LogP contribution >= 0.6 is 0 Å². The second kappa shape index (κ2) is 6.46. The summed E-state index contributed by atoms with van der Waals surface area (Å²) in [5.74, 6) is -0.699. The standard InChI is InChI=1S/C21H22FN3O2/c1-13-17(7-4-8-18(13)22)21(20(26)24-27)10-9-14(11-21)16-6-3-5-15-12-23-25(2)19(15)16/h3-8,12,14,27H,9-11H2,1-2H3,(H,24,26)/t14-,21+/m1/s1. The van der Waals surface area contributed by atoms with Gasteiger partial charge in [-0.25, -0.2) is 9.87 Å². The molecule has 0 saturated heterocycles. The summed E-state index contributed by atoms with van der Waals surface area (Å²) in [7, 11) is 1.91. The highest BCUT2D eigenvalue weighted by Gasteiger charge is 2.48. The van der Waals surface area contributed by atoms with Crippen molar-refractivity contribution < 1.29 is 14.4 Å². The maximum absolute atomic E-state index is 14.2. The van der Waals surface area contributed by atoms with Gasteiger partial charge in [-0.05, 0) is 54.9 Å². The number of aryl methyl sites for hydroxylation is 1. The minimum atomic E-state index is -0.952. The van der Waals surface area contributed by atoms with E-state index >= 15 is 0 Å². The predicted molar refractivity (Wildman–Crippen MR) is 100 cm³/mol. The highest BCUT2D eigenvalue weighted by atomic mass is 19.1. The number of hydrogen-bond acceptors (Lipinski definition) is 3. The van der Waals surface area contributed by atoms with Crippen LogP contribution in [0.15, 0.2) is 42.6 Å². The maximum Gasteiger partial charge on any atom is 0.254 e. The molecule has 5 nitrogen and oxygen atoms in total. The lowest BCUT2D eigenvalue weighted by Crippen LogP contribution is -2.42. The summed E-state index contributed by atoms with van der Waals surface area (Å²) in [6.45, 7) is 1.69. The first kappa shape index (κ1) is 17.7. The Hall–Kier alpha value is -2.73. The molecule has 1 heterocycles. The number of benzene rings is 2. The number of carbonyl (C=O) groups excluding carboxylic acids is 1. The molecular weight excluding hydrogens is 345 g/mol. The molecule has 0 unspecified atom stereocenters. The molecule has 3 aromatic rings. The Bertz CT molecular complexity index is 1030. The van der Waals surface area contributed by atoms with Gasteiger partial charge in [-0.3, -0.25) is 14.7 Å². The Balaban J connectivity index is 1.82. The molecule has 0 aliphatic heterocycles. The van der Waals surface area contributed by atoms with Gasteiger partial charge in [0.1, 0.15) is 5.82 Å². The van der Waals surface area contributed by atoms with Crippen molar-refractivity contribution in [2.24, 2.45) is 7.05 Å². The molecule has 1 aliphatic carbocycles. The number of amides is 1. The number of rotatable bonds is 3. The number of hydroxylamine groups is 1. The minimum absolute atomic E-state index is 0.115. The summed E-state index contributed by atoms with van der Waals surface area (Å²) in [5, 5.41) is 14.8. The first-order chi connectivity index (χ1) is 13.0. The lowest BCUT2D eigenvalue weighted by Gasteiger charge is -2.29. The first-order valence-electron chi connectivity index (χ1n) is 9.08. The SMILES string of the molecule is Cc1c(F)cccc1[C@]1(C(=O)NO)CC[C@@H](c2cccc3cnn(C)c23)C1. The van der Waals surface area contributed by atoms with E-state index in [9.17, 15) is 14.4 Å². The lowest BCUT2D eigenvalue weighted by atomic mass is 9.75. The van der Waals surface area contributed by atoms with Crippen molar-refractivity contribution in [2.75, 3.05) is 0 Å². The van der Waals surface area contributed by atoms with E-state index in [0.29, 0.717) is 24.0 Å². The Labute approximate surface area is 156 Å². The minimum Gasteiger partial charge on any atom is -0.289 e. The van der Waals surface area contributed by atoms with Gasteiger partial charge < -0.3 is 0 Å². The number of halogens is 1. The van der Waals surface area contributed by atoms with Gasteiger partial charge in [0, 0.05) is 12.4 Å². The smallest absolute Gasteiger partial charge is 0.254 e. The van der Waals surface area contributed by atoms with Crippen LogP contribution in [0.1, 0.15) is 41.9 Å². The Kier molecular flexibility index (Phi) is 4.23. The van der Waals surface area contributed by atoms with Crippen molar-refractivity contribution in [3.05, 3.63) is 65.1 Å². The van der Waals surface area contributed by atoms with E-state index in [0.717, 1.165) is 22.9 Å². The van der Waals surface area contributed by atoms with Crippen molar-refractivity contribution >= 4 is 16.8 Å². The summed E-state index contributed by atoms with van der Waals surface area (Å²) in [6.07, 6.45) is 3.66. The normalized spacial score (nSPS) is 22.3. The molecule has 27 heavy (non-hydrogen) atoms. The highest BCUT2D eigenvalue weighted by Crippen LogP contribution is 2.50. The van der Waals surface area contributed by atoms with Crippen molar-refractivity contribution in [1.82, 2.24) is 15.3 Å². The summed E-state index contributed by atoms with van der Waals surface area (Å²) >= 11 is 0. The molecule has 6 heteroatoms. The van der Waals surface area contributed by atoms with Crippen LogP contribution in [-0.4, -0.2) is 20.9 Å².